The van der Waals surface area contributed by atoms with Gasteiger partial charge in [0.25, 0.3) is 0 Å². The smallest absolute Gasteiger partial charge is 0.378 e. The Morgan fingerprint density at radius 3 is 2.34 bits per heavy atom. The molecule has 0 bridgehead atoms. The lowest BCUT2D eigenvalue weighted by Crippen LogP contribution is -2.33. The summed E-state index contributed by atoms with van der Waals surface area (Å²) in [7, 11) is -4.25. The Labute approximate surface area is 175 Å². The summed E-state index contributed by atoms with van der Waals surface area (Å²) in [5.74, 6) is 0.427. The van der Waals surface area contributed by atoms with Crippen LogP contribution in [0.5, 0.6) is 0 Å². The topological polar surface area (TPSA) is 109 Å². The van der Waals surface area contributed by atoms with E-state index in [1.54, 1.807) is 0 Å². The molecule has 1 saturated heterocycles. The number of nitrogens with two attached hydrogens (primary N) is 1. The van der Waals surface area contributed by atoms with Crippen molar-refractivity contribution in [2.75, 3.05) is 19.8 Å². The van der Waals surface area contributed by atoms with E-state index in [9.17, 15) is 9.46 Å². The van der Waals surface area contributed by atoms with Gasteiger partial charge in [0.15, 0.2) is 0 Å². The van der Waals surface area contributed by atoms with Gasteiger partial charge in [0.1, 0.15) is 6.10 Å². The third-order valence-electron chi connectivity index (χ3n) is 5.76. The maximum Gasteiger partial charge on any atom is 0.472 e. The van der Waals surface area contributed by atoms with Crippen LogP contribution in [0.2, 0.25) is 0 Å². The molecule has 8 nitrogen and oxygen atoms in total. The molecular formula is C20H40NO7P. The number of phosphoric acid groups is 1. The second-order valence-corrected chi connectivity index (χ2v) is 10.4. The molecule has 29 heavy (non-hydrogen) atoms. The lowest BCUT2D eigenvalue weighted by atomic mass is 9.91. The molecule has 1 aliphatic carbocycles. The summed E-state index contributed by atoms with van der Waals surface area (Å²) in [4.78, 5) is 10.4. The number of ether oxygens (including phenoxy) is 3. The highest BCUT2D eigenvalue weighted by Gasteiger charge is 2.45. The van der Waals surface area contributed by atoms with Crippen LogP contribution >= 0.6 is 7.82 Å². The van der Waals surface area contributed by atoms with Gasteiger partial charge in [-0.05, 0) is 59.4 Å². The predicted molar refractivity (Wildman–Crippen MR) is 111 cm³/mol. The van der Waals surface area contributed by atoms with Crippen LogP contribution in [0.3, 0.4) is 0 Å². The summed E-state index contributed by atoms with van der Waals surface area (Å²) in [6, 6.07) is 0. The van der Waals surface area contributed by atoms with Crippen LogP contribution in [-0.2, 0) is 27.8 Å². The van der Waals surface area contributed by atoms with E-state index < -0.39 is 20.0 Å². The van der Waals surface area contributed by atoms with Gasteiger partial charge in [0, 0.05) is 12.3 Å². The van der Waals surface area contributed by atoms with E-state index in [0.29, 0.717) is 19.6 Å². The second kappa shape index (κ2) is 11.0. The van der Waals surface area contributed by atoms with Crippen molar-refractivity contribution in [3.63, 3.8) is 0 Å². The minimum atomic E-state index is -4.25. The Balaban J connectivity index is 1.95. The molecule has 0 aromatic heterocycles. The van der Waals surface area contributed by atoms with Gasteiger partial charge in [-0.1, -0.05) is 6.92 Å². The highest BCUT2D eigenvalue weighted by molar-refractivity contribution is 7.47. The van der Waals surface area contributed by atoms with Crippen molar-refractivity contribution in [1.29, 1.82) is 0 Å². The Hall–Kier alpha value is -0.0500. The fourth-order valence-electron chi connectivity index (χ4n) is 4.41. The molecule has 0 spiro atoms. The van der Waals surface area contributed by atoms with Crippen molar-refractivity contribution in [1.82, 2.24) is 0 Å². The summed E-state index contributed by atoms with van der Waals surface area (Å²) in [6.07, 6.45) is 0.531. The summed E-state index contributed by atoms with van der Waals surface area (Å²) in [5, 5.41) is 0. The van der Waals surface area contributed by atoms with Crippen molar-refractivity contribution >= 4 is 7.82 Å². The minimum absolute atomic E-state index is 0.0184. The Morgan fingerprint density at radius 1 is 1.07 bits per heavy atom. The molecule has 1 saturated carbocycles. The fraction of sp³-hybridized carbons (Fsp3) is 1.00. The van der Waals surface area contributed by atoms with Crippen molar-refractivity contribution in [2.45, 2.75) is 91.0 Å². The molecule has 9 heteroatoms. The Kier molecular flexibility index (Phi) is 9.57. The van der Waals surface area contributed by atoms with Crippen LogP contribution in [0.25, 0.3) is 0 Å². The second-order valence-electron chi connectivity index (χ2n) is 9.01. The van der Waals surface area contributed by atoms with E-state index in [1.807, 2.05) is 34.6 Å². The van der Waals surface area contributed by atoms with Crippen LogP contribution in [0.15, 0.2) is 0 Å². The molecule has 3 N–H and O–H groups in total. The fourth-order valence-corrected chi connectivity index (χ4v) is 5.39. The van der Waals surface area contributed by atoms with Gasteiger partial charge >= 0.3 is 7.82 Å². The van der Waals surface area contributed by atoms with Crippen LogP contribution in [-0.4, -0.2) is 61.3 Å². The normalized spacial score (nSPS) is 37.5. The zero-order chi connectivity index (χ0) is 21.8. The predicted octanol–water partition coefficient (Wildman–Crippen LogP) is 3.12. The van der Waals surface area contributed by atoms with Gasteiger partial charge in [-0.25, -0.2) is 4.57 Å². The SMILES string of the molecule is CC(C)OC[C@H]1C(CN)[C@@H](C)C[C@H]1OP(=O)(O)OC[C@H]1O[C@@H](C)C[C@H]1OC(C)C. The Bertz CT molecular complexity index is 547. The van der Waals surface area contributed by atoms with E-state index in [1.165, 1.54) is 0 Å². The van der Waals surface area contributed by atoms with Crippen LogP contribution in [0, 0.1) is 17.8 Å². The standard InChI is InChI=1S/C20H40NO7P/c1-12(2)24-10-17-16(9-21)14(5)7-18(17)28-29(22,23)25-11-20-19(26-13(3)4)8-15(6)27-20/h12-20H,7-11,21H2,1-6H3,(H,22,23)/t14-,15-,16?,17-,18+,19+,20+/m0/s1. The molecule has 2 unspecified atom stereocenters. The Morgan fingerprint density at radius 2 is 1.76 bits per heavy atom. The first kappa shape index (κ1) is 25.2. The van der Waals surface area contributed by atoms with Gasteiger partial charge in [-0.15, -0.1) is 0 Å². The molecule has 0 amide bonds. The van der Waals surface area contributed by atoms with Gasteiger partial charge in [0.05, 0.1) is 43.7 Å². The third-order valence-corrected chi connectivity index (χ3v) is 6.77. The largest absolute Gasteiger partial charge is 0.472 e. The molecule has 2 fully saturated rings. The first-order valence-corrected chi connectivity index (χ1v) is 12.3. The number of hydrogen-bond donors (Lipinski definition) is 2. The lowest BCUT2D eigenvalue weighted by Gasteiger charge is -2.27. The first-order chi connectivity index (χ1) is 13.5. The summed E-state index contributed by atoms with van der Waals surface area (Å²) in [6.45, 7) is 12.8. The highest BCUT2D eigenvalue weighted by Crippen LogP contribution is 2.51. The zero-order valence-corrected chi connectivity index (χ0v) is 19.5. The number of hydrogen-bond acceptors (Lipinski definition) is 7. The van der Waals surface area contributed by atoms with E-state index in [-0.39, 0.29) is 48.8 Å². The molecule has 2 rings (SSSR count). The van der Waals surface area contributed by atoms with Gasteiger partial charge in [-0.3, -0.25) is 9.05 Å². The van der Waals surface area contributed by atoms with Gasteiger partial charge in [-0.2, -0.15) is 0 Å². The number of rotatable bonds is 11. The van der Waals surface area contributed by atoms with E-state index in [0.717, 1.165) is 6.42 Å². The monoisotopic (exact) mass is 437 g/mol. The maximum absolute atomic E-state index is 12.7. The summed E-state index contributed by atoms with van der Waals surface area (Å²) < 4.78 is 41.0. The zero-order valence-electron chi connectivity index (χ0n) is 18.7. The molecule has 0 aromatic carbocycles. The molecule has 2 aliphatic rings. The van der Waals surface area contributed by atoms with Crippen molar-refractivity contribution in [2.24, 2.45) is 23.5 Å². The average Bonchev–Trinajstić information content (AvgIpc) is 3.08. The van der Waals surface area contributed by atoms with Crippen molar-refractivity contribution in [3.8, 4) is 0 Å². The molecule has 1 heterocycles. The van der Waals surface area contributed by atoms with Crippen molar-refractivity contribution < 1.29 is 32.7 Å². The first-order valence-electron chi connectivity index (χ1n) is 10.8. The molecular weight excluding hydrogens is 397 g/mol. The number of phosphoric ester groups is 1. The molecule has 1 aliphatic heterocycles. The molecule has 0 radical (unpaired) electrons. The molecule has 8 atom stereocenters. The average molecular weight is 438 g/mol. The van der Waals surface area contributed by atoms with Crippen LogP contribution in [0.1, 0.15) is 54.4 Å². The summed E-state index contributed by atoms with van der Waals surface area (Å²) in [5.41, 5.74) is 5.95. The van der Waals surface area contributed by atoms with E-state index in [4.69, 9.17) is 29.0 Å². The van der Waals surface area contributed by atoms with Crippen molar-refractivity contribution in [3.05, 3.63) is 0 Å². The molecule has 172 valence electrons. The van der Waals surface area contributed by atoms with E-state index >= 15 is 0 Å². The quantitative estimate of drug-likeness (QED) is 0.475. The van der Waals surface area contributed by atoms with Crippen LogP contribution in [0.4, 0.5) is 0 Å². The van der Waals surface area contributed by atoms with Gasteiger partial charge in [0.2, 0.25) is 0 Å². The highest BCUT2D eigenvalue weighted by atomic mass is 31.2. The minimum Gasteiger partial charge on any atom is -0.378 e. The third kappa shape index (κ3) is 7.54. The maximum atomic E-state index is 12.7. The summed E-state index contributed by atoms with van der Waals surface area (Å²) >= 11 is 0. The lowest BCUT2D eigenvalue weighted by molar-refractivity contribution is -0.0651. The van der Waals surface area contributed by atoms with Gasteiger partial charge < -0.3 is 24.8 Å². The van der Waals surface area contributed by atoms with Crippen LogP contribution < -0.4 is 5.73 Å². The van der Waals surface area contributed by atoms with E-state index in [2.05, 4.69) is 6.92 Å². The molecule has 0 aromatic rings.